The van der Waals surface area contributed by atoms with Gasteiger partial charge in [0.25, 0.3) is 0 Å². The zero-order valence-corrected chi connectivity index (χ0v) is 7.14. The Hall–Kier alpha value is -0.890. The van der Waals surface area contributed by atoms with E-state index in [9.17, 15) is 4.79 Å². The largest absolute Gasteiger partial charge is 0.293 e. The Morgan fingerprint density at radius 1 is 1.64 bits per heavy atom. The van der Waals surface area contributed by atoms with Crippen LogP contribution >= 0.6 is 11.6 Å². The van der Waals surface area contributed by atoms with E-state index in [1.807, 2.05) is 6.92 Å². The molecule has 0 saturated carbocycles. The van der Waals surface area contributed by atoms with Crippen LogP contribution in [-0.4, -0.2) is 10.8 Å². The number of halogens is 1. The third-order valence-electron chi connectivity index (χ3n) is 1.40. The molecule has 0 aliphatic heterocycles. The molecule has 1 aromatic heterocycles. The van der Waals surface area contributed by atoms with Gasteiger partial charge in [0.1, 0.15) is 5.69 Å². The summed E-state index contributed by atoms with van der Waals surface area (Å²) < 4.78 is 0. The summed E-state index contributed by atoms with van der Waals surface area (Å²) in [6, 6.07) is 1.58. The Kier molecular flexibility index (Phi) is 2.25. The molecule has 0 aliphatic rings. The number of ketones is 1. The molecule has 58 valence electrons. The first-order valence-corrected chi connectivity index (χ1v) is 3.62. The molecule has 1 aromatic rings. The van der Waals surface area contributed by atoms with Crippen molar-refractivity contribution in [2.75, 3.05) is 0 Å². The average Bonchev–Trinajstić information content (AvgIpc) is 1.94. The Morgan fingerprint density at radius 2 is 2.27 bits per heavy atom. The average molecular weight is 170 g/mol. The number of hydrogen-bond acceptors (Lipinski definition) is 2. The van der Waals surface area contributed by atoms with E-state index in [4.69, 9.17) is 11.6 Å². The predicted octanol–water partition coefficient (Wildman–Crippen LogP) is 2.25. The Balaban J connectivity index is 3.15. The van der Waals surface area contributed by atoms with Crippen molar-refractivity contribution in [2.24, 2.45) is 0 Å². The maximum absolute atomic E-state index is 10.8. The highest BCUT2D eigenvalue weighted by Crippen LogP contribution is 2.14. The molecule has 0 fully saturated rings. The molecule has 0 amide bonds. The van der Waals surface area contributed by atoms with Crippen LogP contribution in [0.25, 0.3) is 0 Å². The number of aromatic nitrogens is 1. The summed E-state index contributed by atoms with van der Waals surface area (Å²) in [7, 11) is 0. The number of rotatable bonds is 1. The van der Waals surface area contributed by atoms with Gasteiger partial charge < -0.3 is 0 Å². The molecule has 11 heavy (non-hydrogen) atoms. The van der Waals surface area contributed by atoms with E-state index in [1.165, 1.54) is 6.92 Å². The van der Waals surface area contributed by atoms with Gasteiger partial charge in [-0.05, 0) is 18.6 Å². The lowest BCUT2D eigenvalue weighted by molar-refractivity contribution is 0.101. The maximum atomic E-state index is 10.8. The number of carbonyl (C=O) groups is 1. The van der Waals surface area contributed by atoms with Crippen molar-refractivity contribution in [3.8, 4) is 0 Å². The number of pyridine rings is 1. The fourth-order valence-corrected chi connectivity index (χ4v) is 0.844. The van der Waals surface area contributed by atoms with Crippen LogP contribution < -0.4 is 0 Å². The lowest BCUT2D eigenvalue weighted by atomic mass is 10.2. The summed E-state index contributed by atoms with van der Waals surface area (Å²) in [4.78, 5) is 14.7. The van der Waals surface area contributed by atoms with Gasteiger partial charge in [-0.25, -0.2) is 0 Å². The number of carbonyl (C=O) groups excluding carboxylic acids is 1. The molecule has 0 unspecified atom stereocenters. The highest BCUT2D eigenvalue weighted by molar-refractivity contribution is 6.31. The van der Waals surface area contributed by atoms with Crippen molar-refractivity contribution in [1.82, 2.24) is 4.98 Å². The van der Waals surface area contributed by atoms with Crippen molar-refractivity contribution < 1.29 is 4.79 Å². The monoisotopic (exact) mass is 169 g/mol. The third-order valence-corrected chi connectivity index (χ3v) is 1.81. The minimum atomic E-state index is -0.0631. The van der Waals surface area contributed by atoms with E-state index in [0.29, 0.717) is 10.7 Å². The SMILES string of the molecule is CC(=O)c1cc(Cl)c(C)cn1. The van der Waals surface area contributed by atoms with Crippen LogP contribution in [0.2, 0.25) is 5.02 Å². The maximum Gasteiger partial charge on any atom is 0.178 e. The highest BCUT2D eigenvalue weighted by atomic mass is 35.5. The van der Waals surface area contributed by atoms with E-state index in [2.05, 4.69) is 4.98 Å². The van der Waals surface area contributed by atoms with Gasteiger partial charge in [0.15, 0.2) is 5.78 Å². The van der Waals surface area contributed by atoms with Gasteiger partial charge in [0.05, 0.1) is 0 Å². The van der Waals surface area contributed by atoms with Crippen molar-refractivity contribution in [2.45, 2.75) is 13.8 Å². The second kappa shape index (κ2) is 3.01. The lowest BCUT2D eigenvalue weighted by Crippen LogP contribution is -1.96. The molecule has 0 spiro atoms. The zero-order chi connectivity index (χ0) is 8.43. The molecular formula is C8H8ClNO. The molecule has 3 heteroatoms. The number of aryl methyl sites for hydroxylation is 1. The summed E-state index contributed by atoms with van der Waals surface area (Å²) in [5.41, 5.74) is 1.30. The normalized spacial score (nSPS) is 9.73. The van der Waals surface area contributed by atoms with Crippen LogP contribution in [0.1, 0.15) is 23.0 Å². The van der Waals surface area contributed by atoms with E-state index in [0.717, 1.165) is 5.56 Å². The smallest absolute Gasteiger partial charge is 0.178 e. The first-order valence-electron chi connectivity index (χ1n) is 3.24. The molecule has 0 radical (unpaired) electrons. The summed E-state index contributed by atoms with van der Waals surface area (Å²) in [6.45, 7) is 3.31. The highest BCUT2D eigenvalue weighted by Gasteiger charge is 2.02. The van der Waals surface area contributed by atoms with Crippen molar-refractivity contribution in [3.63, 3.8) is 0 Å². The molecule has 0 aromatic carbocycles. The van der Waals surface area contributed by atoms with Gasteiger partial charge in [-0.2, -0.15) is 0 Å². The van der Waals surface area contributed by atoms with E-state index in [-0.39, 0.29) is 5.78 Å². The van der Waals surface area contributed by atoms with Gasteiger partial charge in [0.2, 0.25) is 0 Å². The van der Waals surface area contributed by atoms with Crippen molar-refractivity contribution in [3.05, 3.63) is 28.5 Å². The van der Waals surface area contributed by atoms with Crippen molar-refractivity contribution >= 4 is 17.4 Å². The minimum absolute atomic E-state index is 0.0631. The topological polar surface area (TPSA) is 30.0 Å². The van der Waals surface area contributed by atoms with Crippen LogP contribution in [0.5, 0.6) is 0 Å². The molecule has 0 aliphatic carbocycles. The zero-order valence-electron chi connectivity index (χ0n) is 6.39. The number of nitrogens with zero attached hydrogens (tertiary/aromatic N) is 1. The van der Waals surface area contributed by atoms with E-state index >= 15 is 0 Å². The summed E-state index contributed by atoms with van der Waals surface area (Å²) in [6.07, 6.45) is 1.60. The van der Waals surface area contributed by atoms with E-state index in [1.54, 1.807) is 12.3 Å². The first-order chi connectivity index (χ1) is 5.11. The fraction of sp³-hybridized carbons (Fsp3) is 0.250. The Labute approximate surface area is 70.2 Å². The quantitative estimate of drug-likeness (QED) is 0.604. The van der Waals surface area contributed by atoms with Crippen LogP contribution in [0, 0.1) is 6.92 Å². The molecule has 0 saturated heterocycles. The predicted molar refractivity (Wildman–Crippen MR) is 44.0 cm³/mol. The van der Waals surface area contributed by atoms with Crippen molar-refractivity contribution in [1.29, 1.82) is 0 Å². The van der Waals surface area contributed by atoms with Crippen LogP contribution in [0.4, 0.5) is 0 Å². The van der Waals surface area contributed by atoms with Gasteiger partial charge in [-0.1, -0.05) is 11.6 Å². The standard InChI is InChI=1S/C8H8ClNO/c1-5-4-10-8(6(2)11)3-7(5)9/h3-4H,1-2H3. The van der Waals surface area contributed by atoms with Gasteiger partial charge in [-0.3, -0.25) is 9.78 Å². The molecule has 0 bridgehead atoms. The number of hydrogen-bond donors (Lipinski definition) is 0. The summed E-state index contributed by atoms with van der Waals surface area (Å²) >= 11 is 5.77. The Morgan fingerprint density at radius 3 is 2.73 bits per heavy atom. The molecule has 0 N–H and O–H groups in total. The van der Waals surface area contributed by atoms with Gasteiger partial charge in [0, 0.05) is 18.1 Å². The molecule has 2 nitrogen and oxygen atoms in total. The lowest BCUT2D eigenvalue weighted by Gasteiger charge is -1.97. The Bertz CT molecular complexity index is 296. The second-order valence-electron chi connectivity index (χ2n) is 2.37. The summed E-state index contributed by atoms with van der Waals surface area (Å²) in [5, 5.41) is 0.588. The molecule has 1 heterocycles. The molecule has 1 rings (SSSR count). The molecular weight excluding hydrogens is 162 g/mol. The van der Waals surface area contributed by atoms with E-state index < -0.39 is 0 Å². The van der Waals surface area contributed by atoms with Gasteiger partial charge in [-0.15, -0.1) is 0 Å². The second-order valence-corrected chi connectivity index (χ2v) is 2.78. The van der Waals surface area contributed by atoms with Crippen LogP contribution in [-0.2, 0) is 0 Å². The van der Waals surface area contributed by atoms with Crippen LogP contribution in [0.15, 0.2) is 12.3 Å². The minimum Gasteiger partial charge on any atom is -0.293 e. The fourth-order valence-electron chi connectivity index (χ4n) is 0.692. The number of Topliss-reactive ketones (excluding diaryl/α,β-unsaturated/α-hetero) is 1. The van der Waals surface area contributed by atoms with Crippen LogP contribution in [0.3, 0.4) is 0 Å². The summed E-state index contributed by atoms with van der Waals surface area (Å²) in [5.74, 6) is -0.0631. The first kappa shape index (κ1) is 8.21. The van der Waals surface area contributed by atoms with Gasteiger partial charge >= 0.3 is 0 Å². The third kappa shape index (κ3) is 1.77. The molecule has 0 atom stereocenters.